The number of carboxylic acid groups (broad SMARTS) is 1. The molecule has 18 nitrogen and oxygen atoms in total. The number of aryl methyl sites for hydroxylation is 2. The van der Waals surface area contributed by atoms with Crippen molar-refractivity contribution in [3.8, 4) is 16.9 Å². The van der Waals surface area contributed by atoms with E-state index in [1.165, 1.54) is 26.2 Å². The number of β-lactam (4-membered cyclic amide) rings is 1. The van der Waals surface area contributed by atoms with E-state index in [4.69, 9.17) is 25.6 Å². The number of benzene rings is 1. The van der Waals surface area contributed by atoms with Crippen LogP contribution >= 0.6 is 11.3 Å². The maximum Gasteiger partial charge on any atom is 0.418 e. The number of nitrogens with two attached hydrogens (primary N) is 2. The Labute approximate surface area is 273 Å². The summed E-state index contributed by atoms with van der Waals surface area (Å²) in [4.78, 5) is 47.5. The minimum atomic E-state index is -5.02. The lowest BCUT2D eigenvalue weighted by Crippen LogP contribution is -2.76. The van der Waals surface area contributed by atoms with Crippen molar-refractivity contribution in [2.75, 3.05) is 18.9 Å². The maximum absolute atomic E-state index is 13.3. The summed E-state index contributed by atoms with van der Waals surface area (Å²) in [5.41, 5.74) is 9.05. The zero-order valence-electron chi connectivity index (χ0n) is 25.8. The third-order valence-corrected chi connectivity index (χ3v) is 8.22. The van der Waals surface area contributed by atoms with Crippen molar-refractivity contribution in [3.05, 3.63) is 47.7 Å². The topological polar surface area (TPSA) is 255 Å². The number of thiazole rings is 1. The molecule has 0 aliphatic carbocycles. The molecule has 1 fully saturated rings. The fraction of sp³-hybridized carbons (Fsp3) is 0.407. The van der Waals surface area contributed by atoms with Gasteiger partial charge in [0.15, 0.2) is 17.9 Å². The van der Waals surface area contributed by atoms with Crippen LogP contribution in [0.25, 0.3) is 11.1 Å². The van der Waals surface area contributed by atoms with Crippen LogP contribution in [-0.4, -0.2) is 86.6 Å². The number of anilines is 1. The normalized spacial score (nSPS) is 17.5. The number of carboxylic acids is 1. The highest BCUT2D eigenvalue weighted by molar-refractivity contribution is 7.80. The number of hydroxylamine groups is 2. The minimum Gasteiger partial charge on any atom is -0.489 e. The van der Waals surface area contributed by atoms with Crippen LogP contribution in [0.3, 0.4) is 0 Å². The van der Waals surface area contributed by atoms with E-state index >= 15 is 0 Å². The summed E-state index contributed by atoms with van der Waals surface area (Å²) in [5.74, 6) is -3.14. The van der Waals surface area contributed by atoms with Gasteiger partial charge in [-0.05, 0) is 51.4 Å². The summed E-state index contributed by atoms with van der Waals surface area (Å²) in [6.07, 6.45) is 4.79. The van der Waals surface area contributed by atoms with Crippen molar-refractivity contribution < 1.29 is 51.0 Å². The minimum absolute atomic E-state index is 0.0573. The van der Waals surface area contributed by atoms with Gasteiger partial charge in [-0.2, -0.15) is 18.2 Å². The molecule has 1 aliphatic rings. The zero-order valence-corrected chi connectivity index (χ0v) is 27.4. The lowest BCUT2D eigenvalue weighted by atomic mass is 9.84. The number of ether oxygens (including phenoxy) is 1. The Hall–Kier alpha value is -4.63. The molecule has 47 heavy (non-hydrogen) atoms. The van der Waals surface area contributed by atoms with E-state index in [1.807, 2.05) is 40.9 Å². The molecule has 254 valence electrons. The summed E-state index contributed by atoms with van der Waals surface area (Å²) in [6.45, 7) is 4.73. The molecule has 0 radical (unpaired) electrons. The Kier molecular flexibility index (Phi) is 10.2. The van der Waals surface area contributed by atoms with Crippen molar-refractivity contribution in [2.45, 2.75) is 50.9 Å². The number of nitrogens with zero attached hydrogens (tertiary/aromatic N) is 5. The van der Waals surface area contributed by atoms with Gasteiger partial charge in [-0.3, -0.25) is 14.1 Å². The molecular formula is C27H35N8O10S2+. The van der Waals surface area contributed by atoms with Gasteiger partial charge in [0.1, 0.15) is 24.1 Å². The second kappa shape index (κ2) is 13.6. The number of aromatic nitrogens is 3. The van der Waals surface area contributed by atoms with Gasteiger partial charge in [0, 0.05) is 5.38 Å². The van der Waals surface area contributed by atoms with Crippen LogP contribution in [0.1, 0.15) is 32.9 Å². The lowest BCUT2D eigenvalue weighted by Gasteiger charge is -2.50. The molecule has 20 heteroatoms. The van der Waals surface area contributed by atoms with Gasteiger partial charge in [-0.15, -0.1) is 20.3 Å². The molecule has 0 saturated carbocycles. The van der Waals surface area contributed by atoms with Crippen LogP contribution in [0.15, 0.2) is 47.2 Å². The molecule has 0 bridgehead atoms. The van der Waals surface area contributed by atoms with Gasteiger partial charge in [-0.25, -0.2) is 9.78 Å². The van der Waals surface area contributed by atoms with E-state index in [0.717, 1.165) is 35.4 Å². The highest BCUT2D eigenvalue weighted by Crippen LogP contribution is 2.33. The van der Waals surface area contributed by atoms with Crippen molar-refractivity contribution in [1.29, 1.82) is 0 Å². The average molecular weight is 696 g/mol. The molecule has 3 aromatic rings. The molecule has 1 aromatic carbocycles. The number of rotatable bonds is 15. The van der Waals surface area contributed by atoms with E-state index < -0.39 is 57.7 Å². The van der Waals surface area contributed by atoms with Crippen molar-refractivity contribution in [1.82, 2.24) is 20.0 Å². The van der Waals surface area contributed by atoms with Gasteiger partial charge >= 0.3 is 16.4 Å². The quantitative estimate of drug-likeness (QED) is 0.0456. The third-order valence-electron chi connectivity index (χ3n) is 7.20. The summed E-state index contributed by atoms with van der Waals surface area (Å²) < 4.78 is 45.2. The highest BCUT2D eigenvalue weighted by atomic mass is 32.3. The monoisotopic (exact) mass is 695 g/mol. The smallest absolute Gasteiger partial charge is 0.418 e. The Morgan fingerprint density at radius 1 is 1.26 bits per heavy atom. The number of carbonyl (C=O) groups excluding carboxylic acids is 2. The SMILES string of the molecule is C[n+]1cc(-c2ccc(OCC(C)(O/N=C(\C(=O)NC3C(=O)N(OS(=O)(=O)O)C3(C)C)c3csc(N)n3)C(=O)O)cc2)cn1CCCN. The van der Waals surface area contributed by atoms with Crippen molar-refractivity contribution >= 4 is 50.4 Å². The maximum atomic E-state index is 13.3. The number of aliphatic carboxylic acids is 1. The Morgan fingerprint density at radius 3 is 2.49 bits per heavy atom. The third kappa shape index (κ3) is 8.03. The molecule has 1 saturated heterocycles. The van der Waals surface area contributed by atoms with E-state index in [1.54, 1.807) is 12.1 Å². The Morgan fingerprint density at radius 2 is 1.94 bits per heavy atom. The number of carbonyl (C=O) groups is 3. The van der Waals surface area contributed by atoms with Gasteiger partial charge in [0.25, 0.3) is 17.4 Å². The molecule has 2 amide bonds. The second-order valence-electron chi connectivity index (χ2n) is 11.2. The number of nitrogen functional groups attached to an aromatic ring is 1. The number of nitrogens with one attached hydrogen (secondary N) is 1. The molecule has 4 rings (SSSR count). The number of hydrogen-bond donors (Lipinski definition) is 5. The predicted molar refractivity (Wildman–Crippen MR) is 166 cm³/mol. The lowest BCUT2D eigenvalue weighted by molar-refractivity contribution is -0.753. The van der Waals surface area contributed by atoms with Gasteiger partial charge in [0.05, 0.1) is 23.8 Å². The fourth-order valence-electron chi connectivity index (χ4n) is 4.44. The molecule has 7 N–H and O–H groups in total. The molecule has 2 unspecified atom stereocenters. The first-order valence-electron chi connectivity index (χ1n) is 14.0. The molecule has 3 heterocycles. The number of amides is 2. The van der Waals surface area contributed by atoms with Gasteiger partial charge in [0.2, 0.25) is 6.20 Å². The molecular weight excluding hydrogens is 660 g/mol. The van der Waals surface area contributed by atoms with Crippen molar-refractivity contribution in [3.63, 3.8) is 0 Å². The Bertz CT molecular complexity index is 1790. The first-order chi connectivity index (χ1) is 21.9. The first-order valence-corrected chi connectivity index (χ1v) is 16.2. The highest BCUT2D eigenvalue weighted by Gasteiger charge is 2.58. The molecule has 1 aliphatic heterocycles. The number of oxime groups is 1. The molecule has 2 atom stereocenters. The van der Waals surface area contributed by atoms with Crippen LogP contribution in [0.4, 0.5) is 5.13 Å². The van der Waals surface area contributed by atoms with Gasteiger partial charge in [-0.1, -0.05) is 17.3 Å². The molecule has 0 spiro atoms. The average Bonchev–Trinajstić information content (AvgIpc) is 3.60. The van der Waals surface area contributed by atoms with E-state index in [-0.39, 0.29) is 10.8 Å². The van der Waals surface area contributed by atoms with E-state index in [2.05, 4.69) is 19.7 Å². The van der Waals surface area contributed by atoms with Crippen LogP contribution in [0, 0.1) is 0 Å². The second-order valence-corrected chi connectivity index (χ2v) is 13.1. The summed E-state index contributed by atoms with van der Waals surface area (Å²) in [5, 5.41) is 17.9. The van der Waals surface area contributed by atoms with Crippen LogP contribution < -0.4 is 26.2 Å². The largest absolute Gasteiger partial charge is 0.489 e. The Balaban J connectivity index is 1.49. The summed E-state index contributed by atoms with van der Waals surface area (Å²) in [7, 11) is -3.10. The van der Waals surface area contributed by atoms with Gasteiger partial charge < -0.3 is 31.5 Å². The van der Waals surface area contributed by atoms with E-state index in [9.17, 15) is 27.9 Å². The van der Waals surface area contributed by atoms with E-state index in [0.29, 0.717) is 17.4 Å². The molecule has 2 aromatic heterocycles. The van der Waals surface area contributed by atoms with Crippen LogP contribution in [-0.2, 0) is 47.5 Å². The standard InChI is InChI=1S/C27H34N8O10S2/c1-26(2)21(23(37)35(26)45-47(40,41)42)31-22(36)20(19-14-46-25(29)30-19)32-44-27(3,24(38)39)15-43-18-8-6-16(7-9-18)17-12-33(4)34(13-17)11-5-10-28/h6-9,12-14,21H,5,10-11,15,28H2,1-4H3,(H4-,29,30,31,36,38,39,40,41,42)/p+1/b32-20-. The zero-order chi connectivity index (χ0) is 34.7. The first kappa shape index (κ1) is 35.2. The number of hydrogen-bond acceptors (Lipinski definition) is 13. The fourth-order valence-corrected chi connectivity index (χ4v) is 5.45. The predicted octanol–water partition coefficient (Wildman–Crippen LogP) is -0.150. The van der Waals surface area contributed by atoms with Crippen LogP contribution in [0.2, 0.25) is 0 Å². The summed E-state index contributed by atoms with van der Waals surface area (Å²) in [6, 6.07) is 5.63. The van der Waals surface area contributed by atoms with Crippen molar-refractivity contribution in [2.24, 2.45) is 17.9 Å². The summed E-state index contributed by atoms with van der Waals surface area (Å²) >= 11 is 0.960. The van der Waals surface area contributed by atoms with Crippen LogP contribution in [0.5, 0.6) is 5.75 Å².